The van der Waals surface area contributed by atoms with Crippen LogP contribution in [0.15, 0.2) is 33.8 Å². The van der Waals surface area contributed by atoms with Crippen LogP contribution in [0.2, 0.25) is 0 Å². The lowest BCUT2D eigenvalue weighted by molar-refractivity contribution is 0.218. The predicted octanol–water partition coefficient (Wildman–Crippen LogP) is 2.74. The number of halogens is 1. The summed E-state index contributed by atoms with van der Waals surface area (Å²) in [5.41, 5.74) is 3.54. The minimum Gasteiger partial charge on any atom is -0.317 e. The quantitative estimate of drug-likeness (QED) is 0.864. The number of urea groups is 1. The van der Waals surface area contributed by atoms with Crippen LogP contribution in [0.5, 0.6) is 0 Å². The topological polar surface area (TPSA) is 49.3 Å². The number of anilines is 1. The summed E-state index contributed by atoms with van der Waals surface area (Å²) in [6.07, 6.45) is 3.41. The van der Waals surface area contributed by atoms with E-state index >= 15 is 0 Å². The van der Waals surface area contributed by atoms with Gasteiger partial charge in [0.1, 0.15) is 0 Å². The summed E-state index contributed by atoms with van der Waals surface area (Å²) in [6, 6.07) is 1.91. The van der Waals surface area contributed by atoms with Crippen molar-refractivity contribution in [3.63, 3.8) is 0 Å². The molecular weight excluding hydrogens is 328 g/mol. The smallest absolute Gasteiger partial charge is 0.317 e. The van der Waals surface area contributed by atoms with E-state index in [1.54, 1.807) is 39.0 Å². The minimum absolute atomic E-state index is 0.00731. The van der Waals surface area contributed by atoms with Crippen LogP contribution in [0.4, 0.5) is 10.5 Å². The van der Waals surface area contributed by atoms with E-state index in [0.717, 1.165) is 15.9 Å². The maximum atomic E-state index is 12.3. The van der Waals surface area contributed by atoms with Crippen molar-refractivity contribution in [1.29, 1.82) is 0 Å². The number of carbonyl (C=O) groups is 1. The molecule has 3 heterocycles. The lowest BCUT2D eigenvalue weighted by Gasteiger charge is -2.17. The van der Waals surface area contributed by atoms with Crippen LogP contribution >= 0.6 is 27.3 Å². The summed E-state index contributed by atoms with van der Waals surface area (Å²) < 4.78 is 0.871. The van der Waals surface area contributed by atoms with Gasteiger partial charge in [-0.25, -0.2) is 9.78 Å². The van der Waals surface area contributed by atoms with Crippen molar-refractivity contribution in [1.82, 2.24) is 14.9 Å². The Kier molecular flexibility index (Phi) is 3.48. The van der Waals surface area contributed by atoms with Crippen molar-refractivity contribution in [2.24, 2.45) is 0 Å². The molecular formula is C12H11BrN4OS. The second-order valence-electron chi connectivity index (χ2n) is 4.20. The first-order valence-electron chi connectivity index (χ1n) is 5.78. The Hall–Kier alpha value is -1.47. The van der Waals surface area contributed by atoms with Crippen molar-refractivity contribution in [2.45, 2.75) is 6.54 Å². The van der Waals surface area contributed by atoms with Gasteiger partial charge in [-0.3, -0.25) is 9.88 Å². The highest BCUT2D eigenvalue weighted by Gasteiger charge is 2.30. The summed E-state index contributed by atoms with van der Waals surface area (Å²) in [5, 5.41) is 1.97. The van der Waals surface area contributed by atoms with Gasteiger partial charge in [0.2, 0.25) is 0 Å². The van der Waals surface area contributed by atoms with Crippen LogP contribution in [0, 0.1) is 0 Å². The molecule has 2 aromatic heterocycles. The SMILES string of the molecule is O=C1N(Cc2cscn2)CCN1c1cncc(Br)c1. The molecule has 1 aliphatic rings. The van der Waals surface area contributed by atoms with Crippen LogP contribution in [-0.4, -0.2) is 34.0 Å². The van der Waals surface area contributed by atoms with Gasteiger partial charge in [0.25, 0.3) is 0 Å². The molecule has 2 aromatic rings. The monoisotopic (exact) mass is 338 g/mol. The van der Waals surface area contributed by atoms with Gasteiger partial charge in [-0.05, 0) is 22.0 Å². The van der Waals surface area contributed by atoms with E-state index < -0.39 is 0 Å². The molecule has 5 nitrogen and oxygen atoms in total. The first-order chi connectivity index (χ1) is 9.24. The summed E-state index contributed by atoms with van der Waals surface area (Å²) in [6.45, 7) is 1.96. The van der Waals surface area contributed by atoms with Crippen LogP contribution in [0.25, 0.3) is 0 Å². The molecule has 1 saturated heterocycles. The molecule has 1 fully saturated rings. The molecule has 19 heavy (non-hydrogen) atoms. The predicted molar refractivity (Wildman–Crippen MR) is 77.2 cm³/mol. The molecule has 3 rings (SSSR count). The number of amides is 2. The van der Waals surface area contributed by atoms with E-state index in [-0.39, 0.29) is 6.03 Å². The van der Waals surface area contributed by atoms with E-state index in [4.69, 9.17) is 0 Å². The van der Waals surface area contributed by atoms with E-state index in [9.17, 15) is 4.79 Å². The molecule has 0 saturated carbocycles. The fraction of sp³-hybridized carbons (Fsp3) is 0.250. The molecule has 0 spiro atoms. The maximum Gasteiger partial charge on any atom is 0.325 e. The summed E-state index contributed by atoms with van der Waals surface area (Å²) in [5.74, 6) is 0. The van der Waals surface area contributed by atoms with Gasteiger partial charge in [0, 0.05) is 29.1 Å². The highest BCUT2D eigenvalue weighted by Crippen LogP contribution is 2.23. The summed E-state index contributed by atoms with van der Waals surface area (Å²) in [7, 11) is 0. The number of hydrogen-bond donors (Lipinski definition) is 0. The number of rotatable bonds is 3. The van der Waals surface area contributed by atoms with E-state index in [0.29, 0.717) is 19.6 Å². The normalized spacial score (nSPS) is 15.3. The largest absolute Gasteiger partial charge is 0.325 e. The molecule has 7 heteroatoms. The van der Waals surface area contributed by atoms with Crippen molar-refractivity contribution < 1.29 is 4.79 Å². The first-order valence-corrected chi connectivity index (χ1v) is 7.51. The van der Waals surface area contributed by atoms with Crippen molar-refractivity contribution in [2.75, 3.05) is 18.0 Å². The number of pyridine rings is 1. The Labute approximate surface area is 123 Å². The third kappa shape index (κ3) is 2.62. The van der Waals surface area contributed by atoms with Crippen molar-refractivity contribution in [3.05, 3.63) is 39.5 Å². The summed E-state index contributed by atoms with van der Waals surface area (Å²) in [4.78, 5) is 24.2. The zero-order chi connectivity index (χ0) is 13.2. The maximum absolute atomic E-state index is 12.3. The molecule has 0 radical (unpaired) electrons. The summed E-state index contributed by atoms with van der Waals surface area (Å²) >= 11 is 4.91. The van der Waals surface area contributed by atoms with Gasteiger partial charge in [-0.1, -0.05) is 0 Å². The Morgan fingerprint density at radius 2 is 2.26 bits per heavy atom. The second-order valence-corrected chi connectivity index (χ2v) is 5.83. The van der Waals surface area contributed by atoms with Gasteiger partial charge in [0.15, 0.2) is 0 Å². The van der Waals surface area contributed by atoms with Gasteiger partial charge < -0.3 is 4.90 Å². The highest BCUT2D eigenvalue weighted by atomic mass is 79.9. The number of nitrogens with zero attached hydrogens (tertiary/aromatic N) is 4. The lowest BCUT2D eigenvalue weighted by Crippen LogP contribution is -2.31. The van der Waals surface area contributed by atoms with Crippen LogP contribution in [0.1, 0.15) is 5.69 Å². The van der Waals surface area contributed by atoms with Crippen LogP contribution in [0.3, 0.4) is 0 Å². The number of carbonyl (C=O) groups excluding carboxylic acids is 1. The molecule has 0 aliphatic carbocycles. The van der Waals surface area contributed by atoms with Gasteiger partial charge in [0.05, 0.1) is 29.6 Å². The minimum atomic E-state index is 0.00731. The Morgan fingerprint density at radius 3 is 3.00 bits per heavy atom. The van der Waals surface area contributed by atoms with Crippen molar-refractivity contribution in [3.8, 4) is 0 Å². The standard InChI is InChI=1S/C12H11BrN4OS/c13-9-3-11(5-14-4-9)17-2-1-16(12(17)18)6-10-7-19-8-15-10/h3-5,7-8H,1-2,6H2. The van der Waals surface area contributed by atoms with Crippen LogP contribution < -0.4 is 4.90 Å². The highest BCUT2D eigenvalue weighted by molar-refractivity contribution is 9.10. The van der Waals surface area contributed by atoms with E-state index in [1.807, 2.05) is 11.4 Å². The molecule has 0 N–H and O–H groups in total. The molecule has 1 aliphatic heterocycles. The molecule has 0 bridgehead atoms. The third-order valence-electron chi connectivity index (χ3n) is 2.93. The lowest BCUT2D eigenvalue weighted by atomic mass is 10.4. The number of thiazole rings is 1. The average molecular weight is 339 g/mol. The Balaban J connectivity index is 1.75. The fourth-order valence-corrected chi connectivity index (χ4v) is 2.93. The Morgan fingerprint density at radius 1 is 1.37 bits per heavy atom. The third-order valence-corrected chi connectivity index (χ3v) is 4.00. The fourth-order valence-electron chi connectivity index (χ4n) is 2.03. The first kappa shape index (κ1) is 12.6. The molecule has 98 valence electrons. The molecule has 0 aromatic carbocycles. The van der Waals surface area contributed by atoms with Gasteiger partial charge in [-0.2, -0.15) is 0 Å². The number of hydrogen-bond acceptors (Lipinski definition) is 4. The number of aromatic nitrogens is 2. The van der Waals surface area contributed by atoms with Gasteiger partial charge >= 0.3 is 6.03 Å². The Bertz CT molecular complexity index is 589. The van der Waals surface area contributed by atoms with Crippen LogP contribution in [-0.2, 0) is 6.54 Å². The zero-order valence-electron chi connectivity index (χ0n) is 9.99. The van der Waals surface area contributed by atoms with Gasteiger partial charge in [-0.15, -0.1) is 11.3 Å². The molecule has 0 atom stereocenters. The zero-order valence-corrected chi connectivity index (χ0v) is 12.4. The molecule has 2 amide bonds. The van der Waals surface area contributed by atoms with Crippen molar-refractivity contribution >= 4 is 39.0 Å². The van der Waals surface area contributed by atoms with E-state index in [1.165, 1.54) is 0 Å². The average Bonchev–Trinajstić information content (AvgIpc) is 3.01. The second kappa shape index (κ2) is 5.26. The molecule has 0 unspecified atom stereocenters. The van der Waals surface area contributed by atoms with E-state index in [2.05, 4.69) is 25.9 Å².